The molecule has 19 heavy (non-hydrogen) atoms. The van der Waals surface area contributed by atoms with E-state index in [0.29, 0.717) is 30.1 Å². The molecule has 1 fully saturated rings. The molecule has 0 amide bonds. The van der Waals surface area contributed by atoms with Gasteiger partial charge >= 0.3 is 0 Å². The number of nitrogens with two attached hydrogens (primary N) is 1. The molecule has 0 aliphatic carbocycles. The van der Waals surface area contributed by atoms with Gasteiger partial charge in [-0.2, -0.15) is 0 Å². The summed E-state index contributed by atoms with van der Waals surface area (Å²) in [6.07, 6.45) is 3.73. The summed E-state index contributed by atoms with van der Waals surface area (Å²) in [4.78, 5) is 0. The molecule has 0 spiro atoms. The summed E-state index contributed by atoms with van der Waals surface area (Å²) in [6.45, 7) is 4.32. The maximum Gasteiger partial charge on any atom is 0.137 e. The fraction of sp³-hybridized carbons (Fsp3) is 0.600. The third-order valence-electron chi connectivity index (χ3n) is 3.77. The van der Waals surface area contributed by atoms with Gasteiger partial charge in [0, 0.05) is 18.5 Å². The van der Waals surface area contributed by atoms with E-state index in [1.165, 1.54) is 24.8 Å². The summed E-state index contributed by atoms with van der Waals surface area (Å²) in [5.74, 6) is 1.08. The SMILES string of the molecule is CCOc1ccc(C(CN)C2CCCCN2)cc1Cl. The molecule has 1 aliphatic rings. The fourth-order valence-corrected chi connectivity index (χ4v) is 3.02. The van der Waals surface area contributed by atoms with E-state index < -0.39 is 0 Å². The highest BCUT2D eigenvalue weighted by atomic mass is 35.5. The molecule has 3 nitrogen and oxygen atoms in total. The van der Waals surface area contributed by atoms with Gasteiger partial charge in [-0.25, -0.2) is 0 Å². The molecule has 3 N–H and O–H groups in total. The second kappa shape index (κ2) is 7.13. The minimum absolute atomic E-state index is 0.327. The molecule has 4 heteroatoms. The normalized spacial score (nSPS) is 21.1. The van der Waals surface area contributed by atoms with Crippen LogP contribution in [0.4, 0.5) is 0 Å². The van der Waals surface area contributed by atoms with Crippen molar-refractivity contribution in [3.05, 3.63) is 28.8 Å². The van der Waals surface area contributed by atoms with Gasteiger partial charge in [0.05, 0.1) is 11.6 Å². The average molecular weight is 283 g/mol. The third kappa shape index (κ3) is 3.62. The van der Waals surface area contributed by atoms with Crippen LogP contribution in [0.5, 0.6) is 5.75 Å². The Bertz CT molecular complexity index is 405. The first-order valence-corrected chi connectivity index (χ1v) is 7.49. The van der Waals surface area contributed by atoms with Gasteiger partial charge in [0.25, 0.3) is 0 Å². The van der Waals surface area contributed by atoms with Crippen LogP contribution in [0.2, 0.25) is 5.02 Å². The predicted octanol–water partition coefficient (Wildman–Crippen LogP) is 2.92. The van der Waals surface area contributed by atoms with E-state index in [9.17, 15) is 0 Å². The topological polar surface area (TPSA) is 47.3 Å². The first kappa shape index (κ1) is 14.6. The Morgan fingerprint density at radius 3 is 2.89 bits per heavy atom. The molecule has 1 saturated heterocycles. The maximum absolute atomic E-state index is 6.26. The van der Waals surface area contributed by atoms with Crippen molar-refractivity contribution in [2.75, 3.05) is 19.7 Å². The third-order valence-corrected chi connectivity index (χ3v) is 4.07. The van der Waals surface area contributed by atoms with Crippen molar-refractivity contribution >= 4 is 11.6 Å². The molecule has 1 aromatic carbocycles. The molecule has 0 radical (unpaired) electrons. The number of ether oxygens (including phenoxy) is 1. The highest BCUT2D eigenvalue weighted by Gasteiger charge is 2.24. The fourth-order valence-electron chi connectivity index (χ4n) is 2.78. The summed E-state index contributed by atoms with van der Waals surface area (Å²) < 4.78 is 5.47. The van der Waals surface area contributed by atoms with Crippen LogP contribution in [0.15, 0.2) is 18.2 Å². The number of benzene rings is 1. The van der Waals surface area contributed by atoms with E-state index in [4.69, 9.17) is 22.1 Å². The highest BCUT2D eigenvalue weighted by Crippen LogP contribution is 2.31. The maximum atomic E-state index is 6.26. The number of halogens is 1. The van der Waals surface area contributed by atoms with E-state index in [0.717, 1.165) is 12.3 Å². The monoisotopic (exact) mass is 282 g/mol. The Kier molecular flexibility index (Phi) is 5.49. The molecule has 1 aliphatic heterocycles. The van der Waals surface area contributed by atoms with Crippen molar-refractivity contribution in [3.8, 4) is 5.75 Å². The van der Waals surface area contributed by atoms with Gasteiger partial charge in [0.1, 0.15) is 5.75 Å². The van der Waals surface area contributed by atoms with Gasteiger partial charge < -0.3 is 15.8 Å². The minimum Gasteiger partial charge on any atom is -0.492 e. The van der Waals surface area contributed by atoms with E-state index in [2.05, 4.69) is 11.4 Å². The van der Waals surface area contributed by atoms with E-state index >= 15 is 0 Å². The van der Waals surface area contributed by atoms with Crippen molar-refractivity contribution in [3.63, 3.8) is 0 Å². The highest BCUT2D eigenvalue weighted by molar-refractivity contribution is 6.32. The summed E-state index contributed by atoms with van der Waals surface area (Å²) in [6, 6.07) is 6.50. The Morgan fingerprint density at radius 1 is 1.47 bits per heavy atom. The van der Waals surface area contributed by atoms with E-state index in [-0.39, 0.29) is 0 Å². The van der Waals surface area contributed by atoms with E-state index in [1.54, 1.807) is 0 Å². The standard InChI is InChI=1S/C15H23ClN2O/c1-2-19-15-7-6-11(9-13(15)16)12(10-17)14-5-3-4-8-18-14/h6-7,9,12,14,18H,2-5,8,10,17H2,1H3. The molecular weight excluding hydrogens is 260 g/mol. The number of hydrogen-bond donors (Lipinski definition) is 2. The van der Waals surface area contributed by atoms with Crippen LogP contribution in [-0.2, 0) is 0 Å². The van der Waals surface area contributed by atoms with Gasteiger partial charge in [0.2, 0.25) is 0 Å². The second-order valence-corrected chi connectivity index (χ2v) is 5.43. The van der Waals surface area contributed by atoms with Crippen LogP contribution < -0.4 is 15.8 Å². The first-order valence-electron chi connectivity index (χ1n) is 7.12. The van der Waals surface area contributed by atoms with Gasteiger partial charge in [-0.15, -0.1) is 0 Å². The number of hydrogen-bond acceptors (Lipinski definition) is 3. The lowest BCUT2D eigenvalue weighted by atomic mass is 9.86. The number of rotatable bonds is 5. The Labute approximate surface area is 120 Å². The lowest BCUT2D eigenvalue weighted by Gasteiger charge is -2.31. The van der Waals surface area contributed by atoms with Crippen LogP contribution in [0.3, 0.4) is 0 Å². The zero-order valence-electron chi connectivity index (χ0n) is 11.5. The molecule has 1 heterocycles. The molecule has 0 aromatic heterocycles. The zero-order valence-corrected chi connectivity index (χ0v) is 12.2. The van der Waals surface area contributed by atoms with Crippen molar-refractivity contribution in [2.24, 2.45) is 5.73 Å². The second-order valence-electron chi connectivity index (χ2n) is 5.02. The van der Waals surface area contributed by atoms with Crippen LogP contribution in [-0.4, -0.2) is 25.7 Å². The largest absolute Gasteiger partial charge is 0.492 e. The van der Waals surface area contributed by atoms with Crippen LogP contribution in [0, 0.1) is 0 Å². The molecule has 2 unspecified atom stereocenters. The quantitative estimate of drug-likeness (QED) is 0.873. The average Bonchev–Trinajstić information content (AvgIpc) is 2.44. The Hall–Kier alpha value is -0.770. The number of piperidine rings is 1. The minimum atomic E-state index is 0.327. The molecule has 2 atom stereocenters. The smallest absolute Gasteiger partial charge is 0.137 e. The summed E-state index contributed by atoms with van der Waals surface area (Å²) in [5.41, 5.74) is 7.17. The summed E-state index contributed by atoms with van der Waals surface area (Å²) >= 11 is 6.26. The summed E-state index contributed by atoms with van der Waals surface area (Å²) in [5, 5.41) is 4.25. The van der Waals surface area contributed by atoms with Gasteiger partial charge in [0.15, 0.2) is 0 Å². The summed E-state index contributed by atoms with van der Waals surface area (Å²) in [7, 11) is 0. The zero-order chi connectivity index (χ0) is 13.7. The first-order chi connectivity index (χ1) is 9.26. The van der Waals surface area contributed by atoms with Crippen LogP contribution in [0.1, 0.15) is 37.7 Å². The Balaban J connectivity index is 2.15. The number of nitrogens with one attached hydrogen (secondary N) is 1. The molecular formula is C15H23ClN2O. The lowest BCUT2D eigenvalue weighted by molar-refractivity contribution is 0.338. The van der Waals surface area contributed by atoms with Gasteiger partial charge in [-0.3, -0.25) is 0 Å². The van der Waals surface area contributed by atoms with Crippen molar-refractivity contribution in [2.45, 2.75) is 38.1 Å². The molecule has 0 bridgehead atoms. The van der Waals surface area contributed by atoms with Crippen LogP contribution >= 0.6 is 11.6 Å². The molecule has 0 saturated carbocycles. The van der Waals surface area contributed by atoms with Crippen molar-refractivity contribution in [1.82, 2.24) is 5.32 Å². The van der Waals surface area contributed by atoms with Crippen molar-refractivity contribution < 1.29 is 4.74 Å². The van der Waals surface area contributed by atoms with Gasteiger partial charge in [-0.1, -0.05) is 24.1 Å². The predicted molar refractivity (Wildman–Crippen MR) is 80.1 cm³/mol. The molecule has 2 rings (SSSR count). The molecule has 1 aromatic rings. The Morgan fingerprint density at radius 2 is 2.32 bits per heavy atom. The van der Waals surface area contributed by atoms with Gasteiger partial charge in [-0.05, 0) is 44.0 Å². The van der Waals surface area contributed by atoms with Crippen LogP contribution in [0.25, 0.3) is 0 Å². The van der Waals surface area contributed by atoms with E-state index in [1.807, 2.05) is 19.1 Å². The lowest BCUT2D eigenvalue weighted by Crippen LogP contribution is -2.41. The molecule has 106 valence electrons. The van der Waals surface area contributed by atoms with Crippen molar-refractivity contribution in [1.29, 1.82) is 0 Å².